The maximum absolute atomic E-state index is 14.4. The van der Waals surface area contributed by atoms with Gasteiger partial charge in [-0.25, -0.2) is 4.39 Å². The first-order valence-electron chi connectivity index (χ1n) is 9.20. The summed E-state index contributed by atoms with van der Waals surface area (Å²) in [4.78, 5) is 26.6. The fourth-order valence-corrected chi connectivity index (χ4v) is 4.21. The van der Waals surface area contributed by atoms with E-state index in [2.05, 4.69) is 5.32 Å². The lowest BCUT2D eigenvalue weighted by molar-refractivity contribution is -0.121. The molecule has 1 unspecified atom stereocenters. The van der Waals surface area contributed by atoms with Gasteiger partial charge in [0.25, 0.3) is 0 Å². The van der Waals surface area contributed by atoms with E-state index in [1.54, 1.807) is 6.07 Å². The number of anilines is 2. The van der Waals surface area contributed by atoms with Crippen molar-refractivity contribution < 1.29 is 14.0 Å². The molecule has 1 atom stereocenters. The Morgan fingerprint density at radius 2 is 2.07 bits per heavy atom. The zero-order valence-corrected chi connectivity index (χ0v) is 15.6. The number of hydrogen-bond acceptors (Lipinski definition) is 2. The molecule has 0 aromatic heterocycles. The first kappa shape index (κ1) is 18.0. The average Bonchev–Trinajstić information content (AvgIpc) is 2.65. The number of carbonyl (C=O) groups is 2. The average molecular weight is 387 g/mol. The molecule has 0 spiro atoms. The molecule has 140 valence electrons. The Hall–Kier alpha value is -2.40. The molecular formula is C21H20ClFN2O2. The number of nitrogens with zero attached hydrogens (tertiary/aromatic N) is 1. The summed E-state index contributed by atoms with van der Waals surface area (Å²) in [6, 6.07) is 10.7. The van der Waals surface area contributed by atoms with Crippen LogP contribution in [0.1, 0.15) is 30.4 Å². The molecule has 4 nitrogen and oxygen atoms in total. The van der Waals surface area contributed by atoms with Crippen molar-refractivity contribution in [2.45, 2.75) is 32.1 Å². The van der Waals surface area contributed by atoms with E-state index in [9.17, 15) is 14.0 Å². The van der Waals surface area contributed by atoms with E-state index in [1.165, 1.54) is 11.0 Å². The molecule has 0 saturated heterocycles. The number of para-hydroxylation sites is 1. The molecule has 2 aliphatic rings. The third-order valence-electron chi connectivity index (χ3n) is 5.32. The zero-order chi connectivity index (χ0) is 19.0. The Morgan fingerprint density at radius 1 is 1.26 bits per heavy atom. The molecule has 0 aliphatic carbocycles. The second-order valence-electron chi connectivity index (χ2n) is 7.13. The maximum atomic E-state index is 14.4. The van der Waals surface area contributed by atoms with Crippen molar-refractivity contribution in [1.82, 2.24) is 0 Å². The van der Waals surface area contributed by atoms with Gasteiger partial charge in [-0.3, -0.25) is 9.59 Å². The van der Waals surface area contributed by atoms with Crippen LogP contribution in [0.4, 0.5) is 15.8 Å². The Labute approximate surface area is 162 Å². The van der Waals surface area contributed by atoms with Gasteiger partial charge in [0, 0.05) is 29.6 Å². The normalized spacial score (nSPS) is 18.5. The number of hydrogen-bond donors (Lipinski definition) is 1. The zero-order valence-electron chi connectivity index (χ0n) is 14.8. The standard InChI is InChI=1S/C21H20ClFN2O2/c22-16-11-14-5-3-9-25(20(14)17(23)12-16)19(26)8-7-15-10-13-4-1-2-6-18(13)24-21(15)27/h1-2,4,6,11-12,15H,3,5,7-10H2,(H,24,27). The van der Waals surface area contributed by atoms with Crippen LogP contribution >= 0.6 is 11.6 Å². The summed E-state index contributed by atoms with van der Waals surface area (Å²) >= 11 is 5.94. The highest BCUT2D eigenvalue weighted by Gasteiger charge is 2.29. The summed E-state index contributed by atoms with van der Waals surface area (Å²) < 4.78 is 14.4. The third-order valence-corrected chi connectivity index (χ3v) is 5.54. The molecule has 0 bridgehead atoms. The Bertz CT molecular complexity index is 915. The molecule has 0 fully saturated rings. The molecule has 2 heterocycles. The van der Waals surface area contributed by atoms with E-state index in [0.29, 0.717) is 36.5 Å². The SMILES string of the molecule is O=C1Nc2ccccc2CC1CCC(=O)N1CCCc2cc(Cl)cc(F)c21. The summed E-state index contributed by atoms with van der Waals surface area (Å²) in [6.45, 7) is 0.490. The molecule has 6 heteroatoms. The van der Waals surface area contributed by atoms with Gasteiger partial charge < -0.3 is 10.2 Å². The van der Waals surface area contributed by atoms with Crippen LogP contribution < -0.4 is 10.2 Å². The highest BCUT2D eigenvalue weighted by atomic mass is 35.5. The van der Waals surface area contributed by atoms with Gasteiger partial charge in [0.2, 0.25) is 11.8 Å². The predicted octanol–water partition coefficient (Wildman–Crippen LogP) is 4.35. The summed E-state index contributed by atoms with van der Waals surface area (Å²) in [5.41, 5.74) is 3.03. The van der Waals surface area contributed by atoms with Crippen LogP contribution in [0, 0.1) is 11.7 Å². The quantitative estimate of drug-likeness (QED) is 0.852. The maximum Gasteiger partial charge on any atom is 0.227 e. The number of aryl methyl sites for hydroxylation is 1. The molecular weight excluding hydrogens is 367 g/mol. The monoisotopic (exact) mass is 386 g/mol. The van der Waals surface area contributed by atoms with Gasteiger partial charge in [-0.2, -0.15) is 0 Å². The number of rotatable bonds is 3. The van der Waals surface area contributed by atoms with Crippen LogP contribution in [0.15, 0.2) is 36.4 Å². The van der Waals surface area contributed by atoms with E-state index in [1.807, 2.05) is 24.3 Å². The van der Waals surface area contributed by atoms with Gasteiger partial charge in [-0.05, 0) is 55.0 Å². The Morgan fingerprint density at radius 3 is 2.93 bits per heavy atom. The van der Waals surface area contributed by atoms with Crippen LogP contribution in [-0.2, 0) is 22.4 Å². The van der Waals surface area contributed by atoms with Crippen LogP contribution in [0.3, 0.4) is 0 Å². The molecule has 2 aromatic carbocycles. The molecule has 0 radical (unpaired) electrons. The Kier molecular flexibility index (Phi) is 4.87. The molecule has 2 aliphatic heterocycles. The molecule has 1 N–H and O–H groups in total. The van der Waals surface area contributed by atoms with E-state index in [4.69, 9.17) is 11.6 Å². The second-order valence-corrected chi connectivity index (χ2v) is 7.57. The number of amides is 2. The number of halogens is 2. The molecule has 4 rings (SSSR count). The van der Waals surface area contributed by atoms with Crippen molar-refractivity contribution in [3.63, 3.8) is 0 Å². The van der Waals surface area contributed by atoms with Crippen molar-refractivity contribution in [1.29, 1.82) is 0 Å². The molecule has 2 aromatic rings. The van der Waals surface area contributed by atoms with Gasteiger partial charge in [-0.15, -0.1) is 0 Å². The minimum Gasteiger partial charge on any atom is -0.326 e. The van der Waals surface area contributed by atoms with Crippen LogP contribution in [0.25, 0.3) is 0 Å². The van der Waals surface area contributed by atoms with Crippen molar-refractivity contribution in [3.8, 4) is 0 Å². The van der Waals surface area contributed by atoms with Gasteiger partial charge >= 0.3 is 0 Å². The Balaban J connectivity index is 1.46. The highest BCUT2D eigenvalue weighted by molar-refractivity contribution is 6.30. The van der Waals surface area contributed by atoms with Crippen LogP contribution in [0.2, 0.25) is 5.02 Å². The molecule has 0 saturated carbocycles. The van der Waals surface area contributed by atoms with Crippen molar-refractivity contribution in [2.24, 2.45) is 5.92 Å². The lowest BCUT2D eigenvalue weighted by Gasteiger charge is -2.31. The summed E-state index contributed by atoms with van der Waals surface area (Å²) in [5.74, 6) is -0.916. The van der Waals surface area contributed by atoms with Crippen molar-refractivity contribution in [2.75, 3.05) is 16.8 Å². The van der Waals surface area contributed by atoms with Gasteiger partial charge in [0.05, 0.1) is 5.69 Å². The van der Waals surface area contributed by atoms with E-state index in [-0.39, 0.29) is 24.2 Å². The van der Waals surface area contributed by atoms with Gasteiger partial charge in [0.15, 0.2) is 0 Å². The number of fused-ring (bicyclic) bond motifs is 2. The molecule has 27 heavy (non-hydrogen) atoms. The topological polar surface area (TPSA) is 49.4 Å². The van der Waals surface area contributed by atoms with E-state index < -0.39 is 5.82 Å². The lowest BCUT2D eigenvalue weighted by Crippen LogP contribution is -2.37. The van der Waals surface area contributed by atoms with Crippen molar-refractivity contribution >= 4 is 34.8 Å². The fourth-order valence-electron chi connectivity index (χ4n) is 3.98. The third kappa shape index (κ3) is 3.56. The number of carbonyl (C=O) groups excluding carboxylic acids is 2. The first-order valence-corrected chi connectivity index (χ1v) is 9.58. The largest absolute Gasteiger partial charge is 0.326 e. The number of benzene rings is 2. The first-order chi connectivity index (χ1) is 13.0. The predicted molar refractivity (Wildman–Crippen MR) is 104 cm³/mol. The van der Waals surface area contributed by atoms with Gasteiger partial charge in [0.1, 0.15) is 5.82 Å². The minimum atomic E-state index is -0.463. The summed E-state index contributed by atoms with van der Waals surface area (Å²) in [7, 11) is 0. The van der Waals surface area contributed by atoms with E-state index in [0.717, 1.165) is 23.2 Å². The highest BCUT2D eigenvalue weighted by Crippen LogP contribution is 2.34. The summed E-state index contributed by atoms with van der Waals surface area (Å²) in [6.07, 6.45) is 2.76. The van der Waals surface area contributed by atoms with Gasteiger partial charge in [-0.1, -0.05) is 29.8 Å². The second kappa shape index (κ2) is 7.31. The minimum absolute atomic E-state index is 0.0569. The lowest BCUT2D eigenvalue weighted by atomic mass is 9.89. The molecule has 2 amide bonds. The van der Waals surface area contributed by atoms with Crippen molar-refractivity contribution in [3.05, 3.63) is 58.4 Å². The smallest absolute Gasteiger partial charge is 0.227 e. The fraction of sp³-hybridized carbons (Fsp3) is 0.333. The summed E-state index contributed by atoms with van der Waals surface area (Å²) in [5, 5.41) is 3.25. The van der Waals surface area contributed by atoms with E-state index >= 15 is 0 Å². The van der Waals surface area contributed by atoms with Crippen LogP contribution in [-0.4, -0.2) is 18.4 Å². The van der Waals surface area contributed by atoms with Crippen LogP contribution in [0.5, 0.6) is 0 Å². The number of nitrogens with one attached hydrogen (secondary N) is 1.